The lowest BCUT2D eigenvalue weighted by molar-refractivity contribution is 0.415. The van der Waals surface area contributed by atoms with Crippen LogP contribution in [0.4, 0.5) is 5.69 Å². The summed E-state index contributed by atoms with van der Waals surface area (Å²) in [7, 11) is 1.67. The van der Waals surface area contributed by atoms with Gasteiger partial charge in [-0.2, -0.15) is 5.10 Å². The molecule has 0 spiro atoms. The van der Waals surface area contributed by atoms with Crippen LogP contribution in [0.1, 0.15) is 31.0 Å². The second kappa shape index (κ2) is 4.72. The largest absolute Gasteiger partial charge is 0.496 e. The number of aromatic nitrogens is 2. The van der Waals surface area contributed by atoms with Crippen molar-refractivity contribution in [1.82, 2.24) is 10.2 Å². The molecule has 0 fully saturated rings. The lowest BCUT2D eigenvalue weighted by Crippen LogP contribution is -1.95. The first-order chi connectivity index (χ1) is 8.54. The van der Waals surface area contributed by atoms with Crippen LogP contribution in [0.3, 0.4) is 0 Å². The highest BCUT2D eigenvalue weighted by Crippen LogP contribution is 2.35. The highest BCUT2D eigenvalue weighted by molar-refractivity contribution is 5.78. The Morgan fingerprint density at radius 2 is 2.06 bits per heavy atom. The topological polar surface area (TPSA) is 63.9 Å². The predicted octanol–water partition coefficient (Wildman–Crippen LogP) is 3.10. The van der Waals surface area contributed by atoms with Crippen LogP contribution in [0.2, 0.25) is 0 Å². The van der Waals surface area contributed by atoms with Gasteiger partial charge in [-0.15, -0.1) is 0 Å². The van der Waals surface area contributed by atoms with Gasteiger partial charge in [-0.1, -0.05) is 19.9 Å². The van der Waals surface area contributed by atoms with Crippen molar-refractivity contribution in [2.45, 2.75) is 26.7 Å². The first-order valence-electron chi connectivity index (χ1n) is 6.03. The van der Waals surface area contributed by atoms with Crippen molar-refractivity contribution in [2.75, 3.05) is 12.8 Å². The van der Waals surface area contributed by atoms with Crippen molar-refractivity contribution in [1.29, 1.82) is 0 Å². The Hall–Kier alpha value is -1.97. The Kier molecular flexibility index (Phi) is 3.28. The van der Waals surface area contributed by atoms with Crippen LogP contribution < -0.4 is 10.5 Å². The predicted molar refractivity (Wildman–Crippen MR) is 73.8 cm³/mol. The van der Waals surface area contributed by atoms with E-state index in [0.29, 0.717) is 11.6 Å². The molecule has 2 aromatic rings. The number of H-pyrrole nitrogens is 1. The third-order valence-electron chi connectivity index (χ3n) is 3.14. The van der Waals surface area contributed by atoms with Gasteiger partial charge in [0.1, 0.15) is 11.4 Å². The minimum atomic E-state index is 0.464. The molecule has 0 bridgehead atoms. The third-order valence-corrected chi connectivity index (χ3v) is 3.14. The number of rotatable bonds is 3. The zero-order valence-electron chi connectivity index (χ0n) is 11.2. The number of ether oxygens (including phenoxy) is 1. The van der Waals surface area contributed by atoms with Gasteiger partial charge < -0.3 is 10.5 Å². The maximum absolute atomic E-state index is 6.01. The summed E-state index contributed by atoms with van der Waals surface area (Å²) in [6.07, 6.45) is 0. The summed E-state index contributed by atoms with van der Waals surface area (Å²) in [5.74, 6) is 1.27. The quantitative estimate of drug-likeness (QED) is 0.873. The van der Waals surface area contributed by atoms with Crippen molar-refractivity contribution < 1.29 is 4.74 Å². The van der Waals surface area contributed by atoms with E-state index in [-0.39, 0.29) is 0 Å². The molecule has 0 radical (unpaired) electrons. The average Bonchev–Trinajstić information content (AvgIpc) is 2.69. The molecule has 0 saturated heterocycles. The van der Waals surface area contributed by atoms with Crippen LogP contribution in [0, 0.1) is 6.92 Å². The van der Waals surface area contributed by atoms with Crippen LogP contribution in [-0.2, 0) is 0 Å². The first-order valence-corrected chi connectivity index (χ1v) is 6.03. The summed E-state index contributed by atoms with van der Waals surface area (Å²) < 4.78 is 5.45. The number of anilines is 1. The summed E-state index contributed by atoms with van der Waals surface area (Å²) in [6, 6.07) is 6.15. The van der Waals surface area contributed by atoms with Crippen molar-refractivity contribution in [2.24, 2.45) is 0 Å². The Balaban J connectivity index is 2.54. The van der Waals surface area contributed by atoms with E-state index in [1.54, 1.807) is 7.11 Å². The average molecular weight is 245 g/mol. The molecule has 0 aliphatic carbocycles. The molecule has 1 aromatic heterocycles. The van der Waals surface area contributed by atoms with Crippen molar-refractivity contribution in [3.63, 3.8) is 0 Å². The van der Waals surface area contributed by atoms with Crippen LogP contribution >= 0.6 is 0 Å². The molecular formula is C14H19N3O. The van der Waals surface area contributed by atoms with E-state index in [0.717, 1.165) is 22.7 Å². The number of methoxy groups -OCH3 is 1. The van der Waals surface area contributed by atoms with Gasteiger partial charge >= 0.3 is 0 Å². The number of hydrogen-bond donors (Lipinski definition) is 2. The molecule has 0 aliphatic rings. The van der Waals surface area contributed by atoms with Crippen LogP contribution in [0.15, 0.2) is 18.2 Å². The molecule has 0 amide bonds. The molecule has 4 nitrogen and oxygen atoms in total. The van der Waals surface area contributed by atoms with Gasteiger partial charge in [0, 0.05) is 5.56 Å². The summed E-state index contributed by atoms with van der Waals surface area (Å²) >= 11 is 0. The van der Waals surface area contributed by atoms with E-state index in [2.05, 4.69) is 30.1 Å². The fourth-order valence-corrected chi connectivity index (χ4v) is 1.91. The van der Waals surface area contributed by atoms with Gasteiger partial charge in [0.05, 0.1) is 18.5 Å². The molecule has 2 rings (SSSR count). The molecule has 18 heavy (non-hydrogen) atoms. The number of aromatic amines is 1. The number of nitrogens with one attached hydrogen (secondary N) is 1. The van der Waals surface area contributed by atoms with Gasteiger partial charge in [0.2, 0.25) is 0 Å². The molecule has 0 saturated carbocycles. The third kappa shape index (κ3) is 2.06. The van der Waals surface area contributed by atoms with E-state index in [4.69, 9.17) is 10.5 Å². The number of benzene rings is 1. The molecule has 96 valence electrons. The smallest absolute Gasteiger partial charge is 0.128 e. The SMILES string of the molecule is COc1cc(C(C)C)ccc1-c1n[nH]c(C)c1N. The highest BCUT2D eigenvalue weighted by Gasteiger charge is 2.14. The molecular weight excluding hydrogens is 226 g/mol. The molecule has 1 heterocycles. The normalized spacial score (nSPS) is 10.9. The minimum Gasteiger partial charge on any atom is -0.496 e. The number of nitrogens with zero attached hydrogens (tertiary/aromatic N) is 1. The van der Waals surface area contributed by atoms with E-state index in [1.807, 2.05) is 19.1 Å². The van der Waals surface area contributed by atoms with Gasteiger partial charge in [-0.05, 0) is 30.5 Å². The maximum atomic E-state index is 6.01. The fraction of sp³-hybridized carbons (Fsp3) is 0.357. The lowest BCUT2D eigenvalue weighted by atomic mass is 9.99. The standard InChI is InChI=1S/C14H19N3O/c1-8(2)10-5-6-11(12(7-10)18-4)14-13(15)9(3)16-17-14/h5-8H,15H2,1-4H3,(H,16,17). The zero-order chi connectivity index (χ0) is 13.3. The Bertz CT molecular complexity index is 558. The first kappa shape index (κ1) is 12.5. The molecule has 0 aliphatic heterocycles. The number of hydrogen-bond acceptors (Lipinski definition) is 3. The number of nitrogens with two attached hydrogens (primary N) is 1. The Labute approximate surface area is 107 Å². The number of nitrogen functional groups attached to an aromatic ring is 1. The van der Waals surface area contributed by atoms with E-state index in [1.165, 1.54) is 5.56 Å². The van der Waals surface area contributed by atoms with E-state index >= 15 is 0 Å². The minimum absolute atomic E-state index is 0.464. The number of aryl methyl sites for hydroxylation is 1. The van der Waals surface area contributed by atoms with Gasteiger partial charge in [0.15, 0.2) is 0 Å². The molecule has 0 atom stereocenters. The highest BCUT2D eigenvalue weighted by atomic mass is 16.5. The molecule has 1 aromatic carbocycles. The second-order valence-electron chi connectivity index (χ2n) is 4.73. The Morgan fingerprint density at radius 3 is 2.56 bits per heavy atom. The summed E-state index contributed by atoms with van der Waals surface area (Å²) in [4.78, 5) is 0. The summed E-state index contributed by atoms with van der Waals surface area (Å²) in [6.45, 7) is 6.21. The van der Waals surface area contributed by atoms with Gasteiger partial charge in [0.25, 0.3) is 0 Å². The van der Waals surface area contributed by atoms with Crippen LogP contribution in [-0.4, -0.2) is 17.3 Å². The monoisotopic (exact) mass is 245 g/mol. The van der Waals surface area contributed by atoms with Gasteiger partial charge in [-0.25, -0.2) is 0 Å². The summed E-state index contributed by atoms with van der Waals surface area (Å²) in [5, 5.41) is 7.13. The second-order valence-corrected chi connectivity index (χ2v) is 4.73. The van der Waals surface area contributed by atoms with Crippen molar-refractivity contribution in [3.8, 4) is 17.0 Å². The van der Waals surface area contributed by atoms with Crippen LogP contribution in [0.25, 0.3) is 11.3 Å². The maximum Gasteiger partial charge on any atom is 0.128 e. The van der Waals surface area contributed by atoms with E-state index in [9.17, 15) is 0 Å². The lowest BCUT2D eigenvalue weighted by Gasteiger charge is -2.11. The molecule has 3 N–H and O–H groups in total. The molecule has 0 unspecified atom stereocenters. The van der Waals surface area contributed by atoms with Crippen molar-refractivity contribution >= 4 is 5.69 Å². The summed E-state index contributed by atoms with van der Waals surface area (Å²) in [5.41, 5.74) is 10.5. The van der Waals surface area contributed by atoms with Gasteiger partial charge in [-0.3, -0.25) is 5.10 Å². The fourth-order valence-electron chi connectivity index (χ4n) is 1.91. The van der Waals surface area contributed by atoms with Crippen LogP contribution in [0.5, 0.6) is 5.75 Å². The molecule has 4 heteroatoms. The Morgan fingerprint density at radius 1 is 1.33 bits per heavy atom. The zero-order valence-corrected chi connectivity index (χ0v) is 11.2. The van der Waals surface area contributed by atoms with E-state index < -0.39 is 0 Å². The van der Waals surface area contributed by atoms with Crippen molar-refractivity contribution in [3.05, 3.63) is 29.5 Å².